The van der Waals surface area contributed by atoms with Gasteiger partial charge in [-0.05, 0) is 32.2 Å². The van der Waals surface area contributed by atoms with Crippen LogP contribution in [0.15, 0.2) is 0 Å². The van der Waals surface area contributed by atoms with Crippen LogP contribution in [0.1, 0.15) is 32.1 Å². The minimum Gasteiger partial charge on any atom is -0.481 e. The van der Waals surface area contributed by atoms with Crippen LogP contribution in [0.25, 0.3) is 0 Å². The fourth-order valence-electron chi connectivity index (χ4n) is 1.52. The Morgan fingerprint density at radius 3 is 2.25 bits per heavy atom. The van der Waals surface area contributed by atoms with E-state index in [-0.39, 0.29) is 5.75 Å². The first-order valence-corrected chi connectivity index (χ1v) is 7.53. The number of aliphatic carboxylic acids is 1. The molecule has 0 rings (SSSR count). The number of carboxylic acid groups (broad SMARTS) is 1. The summed E-state index contributed by atoms with van der Waals surface area (Å²) in [7, 11) is -2.98. The summed E-state index contributed by atoms with van der Waals surface area (Å²) in [5.41, 5.74) is 5.32. The molecule has 3 N–H and O–H groups in total. The summed E-state index contributed by atoms with van der Waals surface area (Å²) in [5.74, 6) is -1.22. The van der Waals surface area contributed by atoms with Gasteiger partial charge in [-0.15, -0.1) is 0 Å². The van der Waals surface area contributed by atoms with E-state index in [1.54, 1.807) is 0 Å². The van der Waals surface area contributed by atoms with Crippen molar-refractivity contribution in [2.24, 2.45) is 11.7 Å². The molecule has 5 nitrogen and oxygen atoms in total. The number of hydrogen-bond donors (Lipinski definition) is 2. The van der Waals surface area contributed by atoms with Gasteiger partial charge in [-0.25, -0.2) is 8.42 Å². The Morgan fingerprint density at radius 1 is 1.25 bits per heavy atom. The maximum absolute atomic E-state index is 10.9. The molecule has 0 aromatic carbocycles. The number of nitrogens with two attached hydrogens (primary N) is 1. The molecule has 0 saturated heterocycles. The maximum atomic E-state index is 10.9. The molecule has 0 aromatic heterocycles. The predicted molar refractivity (Wildman–Crippen MR) is 63.0 cm³/mol. The van der Waals surface area contributed by atoms with Gasteiger partial charge in [0.2, 0.25) is 0 Å². The summed E-state index contributed by atoms with van der Waals surface area (Å²) in [6, 6.07) is 0. The van der Waals surface area contributed by atoms with E-state index in [0.29, 0.717) is 25.8 Å². The molecule has 0 aliphatic heterocycles. The first kappa shape index (κ1) is 15.4. The van der Waals surface area contributed by atoms with Crippen molar-refractivity contribution in [3.8, 4) is 0 Å². The van der Waals surface area contributed by atoms with E-state index in [2.05, 4.69) is 0 Å². The van der Waals surface area contributed by atoms with E-state index < -0.39 is 21.7 Å². The zero-order valence-corrected chi connectivity index (χ0v) is 10.5. The van der Waals surface area contributed by atoms with Gasteiger partial charge in [0.15, 0.2) is 0 Å². The highest BCUT2D eigenvalue weighted by Crippen LogP contribution is 2.15. The van der Waals surface area contributed by atoms with Crippen LogP contribution in [0.4, 0.5) is 0 Å². The molecule has 16 heavy (non-hydrogen) atoms. The lowest BCUT2D eigenvalue weighted by molar-refractivity contribution is -0.142. The van der Waals surface area contributed by atoms with Gasteiger partial charge in [-0.3, -0.25) is 4.79 Å². The molecule has 0 saturated carbocycles. The van der Waals surface area contributed by atoms with Crippen molar-refractivity contribution >= 4 is 15.8 Å². The molecular formula is C10H21NO4S. The van der Waals surface area contributed by atoms with Crippen LogP contribution in [-0.2, 0) is 14.6 Å². The molecule has 0 amide bonds. The van der Waals surface area contributed by atoms with Gasteiger partial charge < -0.3 is 10.8 Å². The Balaban J connectivity index is 3.90. The van der Waals surface area contributed by atoms with Crippen molar-refractivity contribution in [2.75, 3.05) is 18.6 Å². The highest BCUT2D eigenvalue weighted by molar-refractivity contribution is 7.90. The number of hydrogen-bond acceptors (Lipinski definition) is 4. The van der Waals surface area contributed by atoms with Crippen molar-refractivity contribution in [1.29, 1.82) is 0 Å². The number of carbonyl (C=O) groups is 1. The Kier molecular flexibility index (Phi) is 7.33. The van der Waals surface area contributed by atoms with Crippen molar-refractivity contribution < 1.29 is 18.3 Å². The predicted octanol–water partition coefficient (Wildman–Crippen LogP) is 0.641. The molecule has 0 bridgehead atoms. The zero-order valence-electron chi connectivity index (χ0n) is 9.68. The summed E-state index contributed by atoms with van der Waals surface area (Å²) in [5, 5.41) is 8.92. The number of sulfone groups is 1. The van der Waals surface area contributed by atoms with Gasteiger partial charge >= 0.3 is 5.97 Å². The Labute approximate surface area is 96.9 Å². The summed E-state index contributed by atoms with van der Waals surface area (Å²) in [6.45, 7) is 0.565. The molecule has 0 aliphatic carbocycles. The fourth-order valence-corrected chi connectivity index (χ4v) is 2.21. The number of rotatable bonds is 9. The van der Waals surface area contributed by atoms with Crippen molar-refractivity contribution in [2.45, 2.75) is 32.1 Å². The van der Waals surface area contributed by atoms with E-state index in [1.165, 1.54) is 0 Å². The second-order valence-electron chi connectivity index (χ2n) is 4.09. The summed E-state index contributed by atoms with van der Waals surface area (Å²) in [4.78, 5) is 10.9. The molecule has 6 heteroatoms. The standard InChI is InChI=1S/C10H21NO4S/c1-16(14,15)8-4-6-9(10(12)13)5-2-3-7-11/h9H,2-8,11H2,1H3,(H,12,13). The van der Waals surface area contributed by atoms with E-state index in [1.807, 2.05) is 0 Å². The SMILES string of the molecule is CS(=O)(=O)CCCC(CCCCN)C(=O)O. The maximum Gasteiger partial charge on any atom is 0.306 e. The van der Waals surface area contributed by atoms with E-state index in [9.17, 15) is 13.2 Å². The third-order valence-corrected chi connectivity index (χ3v) is 3.45. The zero-order chi connectivity index (χ0) is 12.6. The van der Waals surface area contributed by atoms with Crippen molar-refractivity contribution in [3.63, 3.8) is 0 Å². The summed E-state index contributed by atoms with van der Waals surface area (Å²) >= 11 is 0. The molecule has 0 aliphatic rings. The second kappa shape index (κ2) is 7.62. The Bertz CT molecular complexity index is 300. The minimum atomic E-state index is -2.98. The van der Waals surface area contributed by atoms with Gasteiger partial charge in [-0.1, -0.05) is 6.42 Å². The van der Waals surface area contributed by atoms with Crippen LogP contribution in [0, 0.1) is 5.92 Å². The molecule has 0 heterocycles. The highest BCUT2D eigenvalue weighted by atomic mass is 32.2. The molecular weight excluding hydrogens is 230 g/mol. The molecule has 96 valence electrons. The van der Waals surface area contributed by atoms with Crippen LogP contribution in [0.3, 0.4) is 0 Å². The van der Waals surface area contributed by atoms with Gasteiger partial charge in [0.1, 0.15) is 9.84 Å². The van der Waals surface area contributed by atoms with Gasteiger partial charge in [0.25, 0.3) is 0 Å². The lowest BCUT2D eigenvalue weighted by atomic mass is 9.97. The number of unbranched alkanes of at least 4 members (excludes halogenated alkanes) is 1. The highest BCUT2D eigenvalue weighted by Gasteiger charge is 2.17. The van der Waals surface area contributed by atoms with Crippen LogP contribution >= 0.6 is 0 Å². The quantitative estimate of drug-likeness (QED) is 0.586. The van der Waals surface area contributed by atoms with Crippen LogP contribution in [0.2, 0.25) is 0 Å². The van der Waals surface area contributed by atoms with Crippen LogP contribution in [-0.4, -0.2) is 38.0 Å². The average Bonchev–Trinajstić information content (AvgIpc) is 2.13. The first-order valence-electron chi connectivity index (χ1n) is 5.47. The minimum absolute atomic E-state index is 0.0632. The molecule has 0 fully saturated rings. The largest absolute Gasteiger partial charge is 0.481 e. The van der Waals surface area contributed by atoms with Gasteiger partial charge in [0.05, 0.1) is 5.92 Å². The third kappa shape index (κ3) is 8.67. The molecule has 1 atom stereocenters. The Hall–Kier alpha value is -0.620. The van der Waals surface area contributed by atoms with Crippen molar-refractivity contribution in [3.05, 3.63) is 0 Å². The lowest BCUT2D eigenvalue weighted by Crippen LogP contribution is -2.16. The third-order valence-electron chi connectivity index (χ3n) is 2.42. The van der Waals surface area contributed by atoms with E-state index >= 15 is 0 Å². The molecule has 1 unspecified atom stereocenters. The fraction of sp³-hybridized carbons (Fsp3) is 0.900. The summed E-state index contributed by atoms with van der Waals surface area (Å²) < 4.78 is 21.8. The normalized spacial score (nSPS) is 13.6. The Morgan fingerprint density at radius 2 is 1.81 bits per heavy atom. The van der Waals surface area contributed by atoms with Crippen LogP contribution < -0.4 is 5.73 Å². The monoisotopic (exact) mass is 251 g/mol. The van der Waals surface area contributed by atoms with E-state index in [0.717, 1.165) is 19.1 Å². The summed E-state index contributed by atoms with van der Waals surface area (Å²) in [6.07, 6.45) is 4.18. The van der Waals surface area contributed by atoms with Crippen molar-refractivity contribution in [1.82, 2.24) is 0 Å². The average molecular weight is 251 g/mol. The molecule has 0 aromatic rings. The molecule has 0 radical (unpaired) electrons. The smallest absolute Gasteiger partial charge is 0.306 e. The van der Waals surface area contributed by atoms with Gasteiger partial charge in [-0.2, -0.15) is 0 Å². The lowest BCUT2D eigenvalue weighted by Gasteiger charge is -2.11. The second-order valence-corrected chi connectivity index (χ2v) is 6.35. The topological polar surface area (TPSA) is 97.5 Å². The first-order chi connectivity index (χ1) is 7.37. The molecule has 0 spiro atoms. The van der Waals surface area contributed by atoms with Gasteiger partial charge in [0, 0.05) is 12.0 Å². The van der Waals surface area contributed by atoms with Crippen LogP contribution in [0.5, 0.6) is 0 Å². The van der Waals surface area contributed by atoms with E-state index in [4.69, 9.17) is 10.8 Å². The number of carboxylic acids is 1.